The number of rotatable bonds is 8. The van der Waals surface area contributed by atoms with Gasteiger partial charge in [0.05, 0.1) is 5.75 Å². The largest absolute Gasteiger partial charge is 0.301 e. The van der Waals surface area contributed by atoms with Crippen LogP contribution in [-0.4, -0.2) is 31.4 Å². The number of thiazole rings is 1. The monoisotopic (exact) mass is 507 g/mol. The van der Waals surface area contributed by atoms with Gasteiger partial charge in [0.15, 0.2) is 10.3 Å². The summed E-state index contributed by atoms with van der Waals surface area (Å²) in [5.41, 5.74) is 2.02. The number of carbonyl (C=O) groups excluding carboxylic acids is 1. The molecule has 6 nitrogen and oxygen atoms in total. The van der Waals surface area contributed by atoms with Crippen LogP contribution >= 0.6 is 23.1 Å². The van der Waals surface area contributed by atoms with Crippen molar-refractivity contribution < 1.29 is 9.18 Å². The van der Waals surface area contributed by atoms with Gasteiger partial charge in [-0.25, -0.2) is 9.37 Å². The number of hydrogen-bond acceptors (Lipinski definition) is 6. The third-order valence-electron chi connectivity index (χ3n) is 6.07. The van der Waals surface area contributed by atoms with Gasteiger partial charge in [-0.1, -0.05) is 61.4 Å². The Bertz CT molecular complexity index is 1270. The Morgan fingerprint density at radius 1 is 1.06 bits per heavy atom. The first kappa shape index (κ1) is 23.7. The standard InChI is InChI=1S/C26H26FN5OS2/c27-20-13-11-18(12-14-20)15-22-16-28-25(35-22)29-23(33)17-34-26-31-30-24(19-7-3-1-4-8-19)32(26)21-9-5-2-6-10-21/h2,5-6,9-14,16,19H,1,3-4,7-8,15,17H2,(H,28,29,33). The predicted octanol–water partition coefficient (Wildman–Crippen LogP) is 6.23. The van der Waals surface area contributed by atoms with Crippen LogP contribution in [0, 0.1) is 5.82 Å². The molecule has 1 aliphatic rings. The first-order chi connectivity index (χ1) is 17.2. The summed E-state index contributed by atoms with van der Waals surface area (Å²) in [4.78, 5) is 18.0. The molecule has 1 saturated carbocycles. The fraction of sp³-hybridized carbons (Fsp3) is 0.308. The maximum Gasteiger partial charge on any atom is 0.236 e. The number of amides is 1. The van der Waals surface area contributed by atoms with E-state index in [9.17, 15) is 9.18 Å². The molecule has 0 saturated heterocycles. The molecule has 0 spiro atoms. The zero-order chi connectivity index (χ0) is 24.0. The Labute approximate surface area is 212 Å². The minimum absolute atomic E-state index is 0.139. The van der Waals surface area contributed by atoms with E-state index in [4.69, 9.17) is 0 Å². The molecule has 180 valence electrons. The lowest BCUT2D eigenvalue weighted by molar-refractivity contribution is -0.113. The van der Waals surface area contributed by atoms with E-state index < -0.39 is 0 Å². The summed E-state index contributed by atoms with van der Waals surface area (Å²) in [7, 11) is 0. The van der Waals surface area contributed by atoms with Gasteiger partial charge in [-0.05, 0) is 42.7 Å². The van der Waals surface area contributed by atoms with E-state index in [-0.39, 0.29) is 17.5 Å². The quantitative estimate of drug-likeness (QED) is 0.286. The number of nitrogens with zero attached hydrogens (tertiary/aromatic N) is 4. The van der Waals surface area contributed by atoms with Gasteiger partial charge in [-0.3, -0.25) is 9.36 Å². The van der Waals surface area contributed by atoms with Gasteiger partial charge in [0.1, 0.15) is 11.6 Å². The summed E-state index contributed by atoms with van der Waals surface area (Å²) in [6, 6.07) is 16.5. The van der Waals surface area contributed by atoms with Gasteiger partial charge in [0, 0.05) is 29.1 Å². The summed E-state index contributed by atoms with van der Waals surface area (Å²) in [5, 5.41) is 13.2. The average molecular weight is 508 g/mol. The first-order valence-electron chi connectivity index (χ1n) is 11.8. The number of halogens is 1. The zero-order valence-corrected chi connectivity index (χ0v) is 20.8. The summed E-state index contributed by atoms with van der Waals surface area (Å²) in [5.74, 6) is 1.21. The molecule has 4 aromatic rings. The van der Waals surface area contributed by atoms with Crippen molar-refractivity contribution in [3.8, 4) is 5.69 Å². The van der Waals surface area contributed by atoms with Gasteiger partial charge in [0.25, 0.3) is 0 Å². The number of anilines is 1. The second kappa shape index (κ2) is 11.1. The lowest BCUT2D eigenvalue weighted by Crippen LogP contribution is -2.15. The Morgan fingerprint density at radius 3 is 2.60 bits per heavy atom. The van der Waals surface area contributed by atoms with Crippen molar-refractivity contribution in [3.63, 3.8) is 0 Å². The van der Waals surface area contributed by atoms with Crippen molar-refractivity contribution in [2.24, 2.45) is 0 Å². The maximum atomic E-state index is 13.1. The zero-order valence-electron chi connectivity index (χ0n) is 19.2. The Balaban J connectivity index is 1.24. The van der Waals surface area contributed by atoms with Crippen LogP contribution in [0.25, 0.3) is 5.69 Å². The Hall–Kier alpha value is -3.04. The van der Waals surface area contributed by atoms with Gasteiger partial charge in [-0.15, -0.1) is 21.5 Å². The molecule has 0 unspecified atom stereocenters. The molecule has 0 atom stereocenters. The molecule has 2 aromatic carbocycles. The molecule has 0 radical (unpaired) electrons. The highest BCUT2D eigenvalue weighted by molar-refractivity contribution is 7.99. The van der Waals surface area contributed by atoms with Crippen LogP contribution < -0.4 is 5.32 Å². The first-order valence-corrected chi connectivity index (χ1v) is 13.6. The number of nitrogens with one attached hydrogen (secondary N) is 1. The molecule has 1 amide bonds. The summed E-state index contributed by atoms with van der Waals surface area (Å²) in [6.45, 7) is 0. The number of carbonyl (C=O) groups is 1. The number of hydrogen-bond donors (Lipinski definition) is 1. The number of para-hydroxylation sites is 1. The van der Waals surface area contributed by atoms with E-state index in [0.717, 1.165) is 40.0 Å². The highest BCUT2D eigenvalue weighted by Gasteiger charge is 2.24. The molecule has 2 heterocycles. The number of thioether (sulfide) groups is 1. The topological polar surface area (TPSA) is 72.7 Å². The fourth-order valence-electron chi connectivity index (χ4n) is 4.36. The van der Waals surface area contributed by atoms with Crippen molar-refractivity contribution >= 4 is 34.1 Å². The van der Waals surface area contributed by atoms with E-state index in [1.807, 2.05) is 18.2 Å². The van der Waals surface area contributed by atoms with Crippen LogP contribution in [0.15, 0.2) is 66.0 Å². The van der Waals surface area contributed by atoms with E-state index in [2.05, 4.69) is 37.2 Å². The molecule has 1 N–H and O–H groups in total. The van der Waals surface area contributed by atoms with Crippen LogP contribution in [-0.2, 0) is 11.2 Å². The highest BCUT2D eigenvalue weighted by Crippen LogP contribution is 2.35. The smallest absolute Gasteiger partial charge is 0.236 e. The third kappa shape index (κ3) is 5.97. The lowest BCUT2D eigenvalue weighted by Gasteiger charge is -2.22. The number of aromatic nitrogens is 4. The van der Waals surface area contributed by atoms with Crippen LogP contribution in [0.3, 0.4) is 0 Å². The molecule has 35 heavy (non-hydrogen) atoms. The minimum Gasteiger partial charge on any atom is -0.301 e. The minimum atomic E-state index is -0.252. The molecule has 0 aliphatic heterocycles. The lowest BCUT2D eigenvalue weighted by atomic mass is 9.88. The molecule has 1 fully saturated rings. The molecular formula is C26H26FN5OS2. The van der Waals surface area contributed by atoms with E-state index in [1.54, 1.807) is 18.3 Å². The van der Waals surface area contributed by atoms with E-state index in [0.29, 0.717) is 17.5 Å². The van der Waals surface area contributed by atoms with Gasteiger partial charge < -0.3 is 5.32 Å². The van der Waals surface area contributed by atoms with Crippen LogP contribution in [0.2, 0.25) is 0 Å². The highest BCUT2D eigenvalue weighted by atomic mass is 32.2. The van der Waals surface area contributed by atoms with Crippen LogP contribution in [0.1, 0.15) is 54.3 Å². The Kier molecular flexibility index (Phi) is 7.54. The molecule has 2 aromatic heterocycles. The second-order valence-corrected chi connectivity index (χ2v) is 10.7. The molecule has 5 rings (SSSR count). The van der Waals surface area contributed by atoms with Gasteiger partial charge in [0.2, 0.25) is 5.91 Å². The Morgan fingerprint density at radius 2 is 1.83 bits per heavy atom. The molecule has 9 heteroatoms. The van der Waals surface area contributed by atoms with Crippen molar-refractivity contribution in [3.05, 3.63) is 82.9 Å². The fourth-order valence-corrected chi connectivity index (χ4v) is 5.98. The summed E-state index contributed by atoms with van der Waals surface area (Å²) in [6.07, 6.45) is 8.36. The number of benzene rings is 2. The van der Waals surface area contributed by atoms with E-state index in [1.165, 1.54) is 54.5 Å². The average Bonchev–Trinajstić information content (AvgIpc) is 3.52. The van der Waals surface area contributed by atoms with Crippen molar-refractivity contribution in [2.45, 2.75) is 49.6 Å². The van der Waals surface area contributed by atoms with Gasteiger partial charge >= 0.3 is 0 Å². The molecular weight excluding hydrogens is 481 g/mol. The molecule has 1 aliphatic carbocycles. The maximum absolute atomic E-state index is 13.1. The van der Waals surface area contributed by atoms with Crippen molar-refractivity contribution in [2.75, 3.05) is 11.1 Å². The normalized spacial score (nSPS) is 14.2. The summed E-state index contributed by atoms with van der Waals surface area (Å²) >= 11 is 2.81. The third-order valence-corrected chi connectivity index (χ3v) is 7.91. The van der Waals surface area contributed by atoms with Crippen molar-refractivity contribution in [1.82, 2.24) is 19.7 Å². The van der Waals surface area contributed by atoms with Crippen LogP contribution in [0.5, 0.6) is 0 Å². The van der Waals surface area contributed by atoms with Crippen LogP contribution in [0.4, 0.5) is 9.52 Å². The molecule has 0 bridgehead atoms. The predicted molar refractivity (Wildman–Crippen MR) is 138 cm³/mol. The summed E-state index contributed by atoms with van der Waals surface area (Å²) < 4.78 is 15.2. The van der Waals surface area contributed by atoms with Gasteiger partial charge in [-0.2, -0.15) is 0 Å². The second-order valence-electron chi connectivity index (χ2n) is 8.62. The van der Waals surface area contributed by atoms with E-state index >= 15 is 0 Å². The van der Waals surface area contributed by atoms with Crippen molar-refractivity contribution in [1.29, 1.82) is 0 Å². The SMILES string of the molecule is O=C(CSc1nnc(C2CCCCC2)n1-c1ccccc1)Nc1ncc(Cc2ccc(F)cc2)s1.